The molecule has 118 valence electrons. The number of piperidine rings is 1. The molecule has 2 unspecified atom stereocenters. The second-order valence-electron chi connectivity index (χ2n) is 6.26. The quantitative estimate of drug-likeness (QED) is 0.807. The summed E-state index contributed by atoms with van der Waals surface area (Å²) in [4.78, 5) is 0. The van der Waals surface area contributed by atoms with E-state index in [1.807, 2.05) is 0 Å². The van der Waals surface area contributed by atoms with Gasteiger partial charge in [0.2, 0.25) is 0 Å². The highest BCUT2D eigenvalue weighted by atomic mass is 32.2. The van der Waals surface area contributed by atoms with Crippen molar-refractivity contribution in [3.8, 4) is 0 Å². The summed E-state index contributed by atoms with van der Waals surface area (Å²) in [6.45, 7) is 4.05. The van der Waals surface area contributed by atoms with Gasteiger partial charge in [-0.2, -0.15) is 17.4 Å². The summed E-state index contributed by atoms with van der Waals surface area (Å²) in [6.07, 6.45) is 7.34. The number of rotatable bonds is 5. The zero-order valence-electron chi connectivity index (χ0n) is 12.6. The van der Waals surface area contributed by atoms with E-state index in [9.17, 15) is 8.42 Å². The molecule has 3 N–H and O–H groups in total. The summed E-state index contributed by atoms with van der Waals surface area (Å²) in [6, 6.07) is 0.131. The van der Waals surface area contributed by atoms with E-state index in [0.29, 0.717) is 31.5 Å². The second kappa shape index (κ2) is 7.20. The third-order valence-corrected chi connectivity index (χ3v) is 6.63. The van der Waals surface area contributed by atoms with Crippen molar-refractivity contribution in [1.82, 2.24) is 9.03 Å². The van der Waals surface area contributed by atoms with Crippen molar-refractivity contribution in [3.05, 3.63) is 0 Å². The van der Waals surface area contributed by atoms with E-state index in [2.05, 4.69) is 11.6 Å². The van der Waals surface area contributed by atoms with Crippen molar-refractivity contribution in [2.75, 3.05) is 19.6 Å². The minimum atomic E-state index is -3.32. The molecular formula is C14H29N3O2S. The van der Waals surface area contributed by atoms with E-state index in [1.165, 1.54) is 6.42 Å². The van der Waals surface area contributed by atoms with Crippen LogP contribution in [0.5, 0.6) is 0 Å². The first-order valence-electron chi connectivity index (χ1n) is 8.04. The van der Waals surface area contributed by atoms with E-state index in [1.54, 1.807) is 4.31 Å². The molecule has 1 heterocycles. The van der Waals surface area contributed by atoms with Crippen LogP contribution >= 0.6 is 0 Å². The highest BCUT2D eigenvalue weighted by molar-refractivity contribution is 7.87. The molecule has 0 aromatic rings. The lowest BCUT2D eigenvalue weighted by atomic mass is 9.83. The number of hydrogen-bond acceptors (Lipinski definition) is 3. The number of hydrogen-bond donors (Lipinski definition) is 2. The molecular weight excluding hydrogens is 274 g/mol. The van der Waals surface area contributed by atoms with Crippen LogP contribution in [-0.2, 0) is 10.2 Å². The SMILES string of the molecule is CCC1CCCCC1NS(=O)(=O)N1CCC(CN)CC1. The average Bonchev–Trinajstić information content (AvgIpc) is 2.47. The molecule has 2 fully saturated rings. The molecule has 1 aliphatic carbocycles. The Morgan fingerprint density at radius 3 is 2.40 bits per heavy atom. The summed E-state index contributed by atoms with van der Waals surface area (Å²) >= 11 is 0. The molecule has 6 heteroatoms. The van der Waals surface area contributed by atoms with E-state index >= 15 is 0 Å². The smallest absolute Gasteiger partial charge is 0.279 e. The first-order valence-corrected chi connectivity index (χ1v) is 9.48. The zero-order valence-corrected chi connectivity index (χ0v) is 13.4. The fraction of sp³-hybridized carbons (Fsp3) is 1.00. The Kier molecular flexibility index (Phi) is 5.84. The first-order chi connectivity index (χ1) is 9.56. The van der Waals surface area contributed by atoms with Gasteiger partial charge in [-0.15, -0.1) is 0 Å². The fourth-order valence-corrected chi connectivity index (χ4v) is 5.04. The van der Waals surface area contributed by atoms with Crippen LogP contribution in [0.25, 0.3) is 0 Å². The van der Waals surface area contributed by atoms with Crippen molar-refractivity contribution < 1.29 is 8.42 Å². The second-order valence-corrected chi connectivity index (χ2v) is 7.96. The van der Waals surface area contributed by atoms with E-state index < -0.39 is 10.2 Å². The molecule has 0 aromatic heterocycles. The zero-order chi connectivity index (χ0) is 14.6. The van der Waals surface area contributed by atoms with Gasteiger partial charge < -0.3 is 5.73 Å². The van der Waals surface area contributed by atoms with Crippen molar-refractivity contribution in [3.63, 3.8) is 0 Å². The van der Waals surface area contributed by atoms with Crippen molar-refractivity contribution in [2.24, 2.45) is 17.6 Å². The van der Waals surface area contributed by atoms with Crippen LogP contribution < -0.4 is 10.5 Å². The van der Waals surface area contributed by atoms with Crippen LogP contribution in [0.3, 0.4) is 0 Å². The van der Waals surface area contributed by atoms with E-state index in [0.717, 1.165) is 38.5 Å². The predicted octanol–water partition coefficient (Wildman–Crippen LogP) is 1.46. The van der Waals surface area contributed by atoms with Crippen molar-refractivity contribution in [1.29, 1.82) is 0 Å². The van der Waals surface area contributed by atoms with Crippen LogP contribution in [0.1, 0.15) is 51.9 Å². The van der Waals surface area contributed by atoms with Gasteiger partial charge in [0.05, 0.1) is 0 Å². The number of nitrogens with one attached hydrogen (secondary N) is 1. The van der Waals surface area contributed by atoms with Crippen molar-refractivity contribution in [2.45, 2.75) is 57.9 Å². The maximum absolute atomic E-state index is 12.5. The maximum Gasteiger partial charge on any atom is 0.279 e. The lowest BCUT2D eigenvalue weighted by Crippen LogP contribution is -2.51. The van der Waals surface area contributed by atoms with Gasteiger partial charge in [-0.3, -0.25) is 0 Å². The van der Waals surface area contributed by atoms with Crippen LogP contribution in [-0.4, -0.2) is 38.4 Å². The average molecular weight is 303 g/mol. The molecule has 0 bridgehead atoms. The Balaban J connectivity index is 1.93. The number of nitrogens with two attached hydrogens (primary N) is 1. The van der Waals surface area contributed by atoms with Gasteiger partial charge in [-0.05, 0) is 44.1 Å². The first kappa shape index (κ1) is 16.2. The van der Waals surface area contributed by atoms with Gasteiger partial charge in [0.15, 0.2) is 0 Å². The maximum atomic E-state index is 12.5. The normalized spacial score (nSPS) is 30.5. The molecule has 2 aliphatic rings. The lowest BCUT2D eigenvalue weighted by Gasteiger charge is -2.35. The third-order valence-electron chi connectivity index (χ3n) is 4.98. The minimum absolute atomic E-state index is 0.131. The van der Waals surface area contributed by atoms with Gasteiger partial charge in [0.1, 0.15) is 0 Å². The van der Waals surface area contributed by atoms with E-state index in [4.69, 9.17) is 5.73 Å². The molecule has 1 saturated heterocycles. The molecule has 2 rings (SSSR count). The Hall–Kier alpha value is -0.170. The minimum Gasteiger partial charge on any atom is -0.330 e. The molecule has 2 atom stereocenters. The van der Waals surface area contributed by atoms with Crippen LogP contribution in [0.2, 0.25) is 0 Å². The third kappa shape index (κ3) is 3.93. The van der Waals surface area contributed by atoms with Crippen LogP contribution in [0, 0.1) is 11.8 Å². The van der Waals surface area contributed by atoms with E-state index in [-0.39, 0.29) is 6.04 Å². The molecule has 0 radical (unpaired) electrons. The highest BCUT2D eigenvalue weighted by Crippen LogP contribution is 2.28. The Morgan fingerprint density at radius 2 is 1.80 bits per heavy atom. The lowest BCUT2D eigenvalue weighted by molar-refractivity contribution is 0.255. The summed E-state index contributed by atoms with van der Waals surface area (Å²) < 4.78 is 29.6. The summed E-state index contributed by atoms with van der Waals surface area (Å²) in [5.74, 6) is 0.986. The van der Waals surface area contributed by atoms with Crippen LogP contribution in [0.4, 0.5) is 0 Å². The molecule has 20 heavy (non-hydrogen) atoms. The molecule has 0 amide bonds. The molecule has 0 aromatic carbocycles. The summed E-state index contributed by atoms with van der Waals surface area (Å²) in [5.41, 5.74) is 5.66. The summed E-state index contributed by atoms with van der Waals surface area (Å²) in [5, 5.41) is 0. The Labute approximate surface area is 123 Å². The number of nitrogens with zero attached hydrogens (tertiary/aromatic N) is 1. The standard InChI is InChI=1S/C14H29N3O2S/c1-2-13-5-3-4-6-14(13)16-20(18,19)17-9-7-12(11-15)8-10-17/h12-14,16H,2-11,15H2,1H3. The molecule has 5 nitrogen and oxygen atoms in total. The van der Waals surface area contributed by atoms with Crippen LogP contribution in [0.15, 0.2) is 0 Å². The topological polar surface area (TPSA) is 75.4 Å². The summed E-state index contributed by atoms with van der Waals surface area (Å²) in [7, 11) is -3.32. The molecule has 1 saturated carbocycles. The van der Waals surface area contributed by atoms with Gasteiger partial charge in [-0.1, -0.05) is 26.2 Å². The van der Waals surface area contributed by atoms with Gasteiger partial charge in [0.25, 0.3) is 10.2 Å². The van der Waals surface area contributed by atoms with Crippen molar-refractivity contribution >= 4 is 10.2 Å². The van der Waals surface area contributed by atoms with Gasteiger partial charge >= 0.3 is 0 Å². The predicted molar refractivity (Wildman–Crippen MR) is 81.4 cm³/mol. The molecule has 1 aliphatic heterocycles. The largest absolute Gasteiger partial charge is 0.330 e. The Bertz CT molecular complexity index is 391. The van der Waals surface area contributed by atoms with Gasteiger partial charge in [0, 0.05) is 19.1 Å². The Morgan fingerprint density at radius 1 is 1.15 bits per heavy atom. The molecule has 0 spiro atoms. The van der Waals surface area contributed by atoms with Gasteiger partial charge in [-0.25, -0.2) is 0 Å². The fourth-order valence-electron chi connectivity index (χ4n) is 3.50. The monoisotopic (exact) mass is 303 g/mol. The highest BCUT2D eigenvalue weighted by Gasteiger charge is 2.32.